The third kappa shape index (κ3) is 2.49. The van der Waals surface area contributed by atoms with Gasteiger partial charge in [0.2, 0.25) is 0 Å². The van der Waals surface area contributed by atoms with E-state index in [2.05, 4.69) is 15.6 Å². The van der Waals surface area contributed by atoms with Crippen LogP contribution in [0.3, 0.4) is 0 Å². The molecule has 1 aromatic heterocycles. The zero-order valence-electron chi connectivity index (χ0n) is 12.5. The van der Waals surface area contributed by atoms with E-state index < -0.39 is 0 Å². The van der Waals surface area contributed by atoms with Crippen LogP contribution in [0.2, 0.25) is 0 Å². The highest BCUT2D eigenvalue weighted by atomic mass is 16.2. The maximum atomic E-state index is 12.3. The molecular weight excluding hydrogens is 278 g/mol. The number of amides is 3. The average Bonchev–Trinajstić information content (AvgIpc) is 2.45. The molecule has 2 N–H and O–H groups in total. The fraction of sp³-hybridized carbons (Fsp3) is 0.588. The molecule has 22 heavy (non-hydrogen) atoms. The number of carbonyl (C=O) groups is 2. The fourth-order valence-electron chi connectivity index (χ4n) is 5.21. The van der Waals surface area contributed by atoms with Crippen molar-refractivity contribution in [3.05, 3.63) is 30.1 Å². The number of carbonyl (C=O) groups excluding carboxylic acids is 2. The lowest BCUT2D eigenvalue weighted by Gasteiger charge is -2.56. The monoisotopic (exact) mass is 299 g/mol. The van der Waals surface area contributed by atoms with Gasteiger partial charge in [-0.15, -0.1) is 0 Å². The van der Waals surface area contributed by atoms with Gasteiger partial charge >= 0.3 is 6.03 Å². The lowest BCUT2D eigenvalue weighted by Crippen LogP contribution is -2.61. The zero-order valence-corrected chi connectivity index (χ0v) is 12.5. The van der Waals surface area contributed by atoms with Gasteiger partial charge in [-0.05, 0) is 68.4 Å². The van der Waals surface area contributed by atoms with E-state index in [0.29, 0.717) is 5.56 Å². The summed E-state index contributed by atoms with van der Waals surface area (Å²) in [6, 6.07) is 2.85. The number of pyridine rings is 1. The highest BCUT2D eigenvalue weighted by molar-refractivity contribution is 6.04. The molecule has 4 bridgehead atoms. The molecule has 3 amide bonds. The van der Waals surface area contributed by atoms with Gasteiger partial charge in [-0.3, -0.25) is 15.1 Å². The van der Waals surface area contributed by atoms with Gasteiger partial charge in [0.1, 0.15) is 0 Å². The van der Waals surface area contributed by atoms with Crippen LogP contribution in [0, 0.1) is 17.8 Å². The molecule has 5 nitrogen and oxygen atoms in total. The summed E-state index contributed by atoms with van der Waals surface area (Å²) in [5, 5.41) is 5.59. The number of hydrogen-bond donors (Lipinski definition) is 2. The Hall–Kier alpha value is -1.91. The minimum atomic E-state index is -0.371. The summed E-state index contributed by atoms with van der Waals surface area (Å²) in [5.41, 5.74) is 0.382. The quantitative estimate of drug-likeness (QED) is 0.881. The number of hydrogen-bond acceptors (Lipinski definition) is 3. The number of aromatic nitrogens is 1. The van der Waals surface area contributed by atoms with E-state index in [1.807, 2.05) is 0 Å². The topological polar surface area (TPSA) is 71.1 Å². The van der Waals surface area contributed by atoms with Crippen LogP contribution in [0.25, 0.3) is 0 Å². The van der Waals surface area contributed by atoms with Gasteiger partial charge in [0.25, 0.3) is 5.91 Å². The molecule has 4 fully saturated rings. The van der Waals surface area contributed by atoms with Gasteiger partial charge in [-0.25, -0.2) is 4.79 Å². The number of rotatable bonds is 2. The third-order valence-electron chi connectivity index (χ3n) is 5.59. The Morgan fingerprint density at radius 2 is 1.55 bits per heavy atom. The van der Waals surface area contributed by atoms with Gasteiger partial charge in [0.15, 0.2) is 0 Å². The summed E-state index contributed by atoms with van der Waals surface area (Å²) in [6.07, 6.45) is 10.3. The molecule has 0 unspecified atom stereocenters. The Morgan fingerprint density at radius 1 is 1.00 bits per heavy atom. The van der Waals surface area contributed by atoms with E-state index in [9.17, 15) is 9.59 Å². The van der Waals surface area contributed by atoms with Crippen LogP contribution in [0.1, 0.15) is 48.9 Å². The van der Waals surface area contributed by atoms with E-state index in [1.165, 1.54) is 19.3 Å². The summed E-state index contributed by atoms with van der Waals surface area (Å²) in [7, 11) is 0. The van der Waals surface area contributed by atoms with Crippen molar-refractivity contribution in [2.75, 3.05) is 0 Å². The van der Waals surface area contributed by atoms with Crippen molar-refractivity contribution in [1.29, 1.82) is 0 Å². The number of nitrogens with one attached hydrogen (secondary N) is 2. The van der Waals surface area contributed by atoms with E-state index in [4.69, 9.17) is 0 Å². The molecule has 116 valence electrons. The van der Waals surface area contributed by atoms with Crippen molar-refractivity contribution in [2.45, 2.75) is 44.1 Å². The summed E-state index contributed by atoms with van der Waals surface area (Å²) in [6.45, 7) is 0. The predicted octanol–water partition coefficient (Wildman–Crippen LogP) is 2.49. The normalized spacial score (nSPS) is 35.2. The number of imide groups is 1. The first-order chi connectivity index (χ1) is 10.6. The maximum Gasteiger partial charge on any atom is 0.322 e. The average molecular weight is 299 g/mol. The predicted molar refractivity (Wildman–Crippen MR) is 81.1 cm³/mol. The number of urea groups is 1. The molecule has 4 aliphatic carbocycles. The molecule has 1 aromatic rings. The second-order valence-corrected chi connectivity index (χ2v) is 7.34. The Morgan fingerprint density at radius 3 is 2.09 bits per heavy atom. The first-order valence-electron chi connectivity index (χ1n) is 8.15. The molecule has 5 rings (SSSR count). The minimum absolute atomic E-state index is 0.0721. The van der Waals surface area contributed by atoms with Crippen LogP contribution in [0.4, 0.5) is 4.79 Å². The molecule has 0 aliphatic heterocycles. The highest BCUT2D eigenvalue weighted by Crippen LogP contribution is 2.55. The van der Waals surface area contributed by atoms with Crippen molar-refractivity contribution in [2.24, 2.45) is 17.8 Å². The third-order valence-corrected chi connectivity index (χ3v) is 5.59. The molecule has 5 heteroatoms. The Labute approximate surface area is 129 Å². The van der Waals surface area contributed by atoms with Crippen LogP contribution >= 0.6 is 0 Å². The second-order valence-electron chi connectivity index (χ2n) is 7.34. The molecule has 0 saturated heterocycles. The van der Waals surface area contributed by atoms with E-state index >= 15 is 0 Å². The van der Waals surface area contributed by atoms with E-state index in [1.54, 1.807) is 24.5 Å². The van der Waals surface area contributed by atoms with Crippen molar-refractivity contribution < 1.29 is 9.59 Å². The van der Waals surface area contributed by atoms with Crippen molar-refractivity contribution in [3.63, 3.8) is 0 Å². The lowest BCUT2D eigenvalue weighted by molar-refractivity contribution is -0.0134. The van der Waals surface area contributed by atoms with E-state index in [0.717, 1.165) is 37.0 Å². The molecular formula is C17H21N3O2. The lowest BCUT2D eigenvalue weighted by atomic mass is 9.53. The molecule has 0 atom stereocenters. The van der Waals surface area contributed by atoms with Crippen LogP contribution in [0.5, 0.6) is 0 Å². The first-order valence-corrected chi connectivity index (χ1v) is 8.15. The van der Waals surface area contributed by atoms with Crippen LogP contribution in [0.15, 0.2) is 24.5 Å². The highest BCUT2D eigenvalue weighted by Gasteiger charge is 2.51. The zero-order chi connectivity index (χ0) is 15.2. The van der Waals surface area contributed by atoms with Crippen molar-refractivity contribution in [1.82, 2.24) is 15.6 Å². The Bertz CT molecular complexity index is 564. The smallest absolute Gasteiger partial charge is 0.322 e. The molecule has 0 aromatic carbocycles. The van der Waals surface area contributed by atoms with Gasteiger partial charge in [0, 0.05) is 23.5 Å². The minimum Gasteiger partial charge on any atom is -0.332 e. The standard InChI is InChI=1S/C17H21N3O2/c21-15(14-1-3-18-4-2-14)19-16(22)20-17-8-11-5-12(9-17)7-13(6-11)10-17/h1-4,11-13H,5-10H2,(H2,19,20,21,22). The maximum absolute atomic E-state index is 12.3. The molecule has 1 heterocycles. The molecule has 4 aliphatic rings. The van der Waals surface area contributed by atoms with Crippen LogP contribution in [-0.2, 0) is 0 Å². The summed E-state index contributed by atoms with van der Waals surface area (Å²) in [4.78, 5) is 28.2. The Kier molecular flexibility index (Phi) is 3.17. The second kappa shape index (κ2) is 5.07. The van der Waals surface area contributed by atoms with Gasteiger partial charge < -0.3 is 5.32 Å². The van der Waals surface area contributed by atoms with Crippen LogP contribution in [-0.4, -0.2) is 22.5 Å². The molecule has 0 radical (unpaired) electrons. The SMILES string of the molecule is O=C(NC(=O)c1ccncc1)NC12CC3CC(CC(C3)C1)C2. The fourth-order valence-corrected chi connectivity index (χ4v) is 5.21. The molecule has 4 saturated carbocycles. The largest absolute Gasteiger partial charge is 0.332 e. The molecule has 0 spiro atoms. The van der Waals surface area contributed by atoms with E-state index in [-0.39, 0.29) is 17.5 Å². The summed E-state index contributed by atoms with van der Waals surface area (Å²) in [5.74, 6) is 1.93. The number of nitrogens with zero attached hydrogens (tertiary/aromatic N) is 1. The van der Waals surface area contributed by atoms with Gasteiger partial charge in [-0.2, -0.15) is 0 Å². The first kappa shape index (κ1) is 13.7. The van der Waals surface area contributed by atoms with Crippen molar-refractivity contribution in [3.8, 4) is 0 Å². The van der Waals surface area contributed by atoms with Gasteiger partial charge in [0.05, 0.1) is 0 Å². The van der Waals surface area contributed by atoms with Crippen molar-refractivity contribution >= 4 is 11.9 Å². The summed E-state index contributed by atoms with van der Waals surface area (Å²) < 4.78 is 0. The Balaban J connectivity index is 1.41. The van der Waals surface area contributed by atoms with Gasteiger partial charge in [-0.1, -0.05) is 0 Å². The van der Waals surface area contributed by atoms with Crippen LogP contribution < -0.4 is 10.6 Å². The summed E-state index contributed by atoms with van der Waals surface area (Å²) >= 11 is 0.